The second-order valence-corrected chi connectivity index (χ2v) is 6.21. The first-order chi connectivity index (χ1) is 11.6. The number of aromatic nitrogens is 1. The Labute approximate surface area is 140 Å². The number of pyridine rings is 1. The zero-order valence-electron chi connectivity index (χ0n) is 13.7. The lowest BCUT2D eigenvalue weighted by Crippen LogP contribution is -2.34. The van der Waals surface area contributed by atoms with Crippen molar-refractivity contribution in [3.05, 3.63) is 18.3 Å². The van der Waals surface area contributed by atoms with Crippen molar-refractivity contribution in [2.75, 3.05) is 19.0 Å². The lowest BCUT2D eigenvalue weighted by molar-refractivity contribution is -0.140. The molecule has 7 heteroatoms. The third kappa shape index (κ3) is 3.25. The minimum Gasteiger partial charge on any atom is -0.481 e. The van der Waals surface area contributed by atoms with E-state index in [9.17, 15) is 14.4 Å². The molecule has 3 amide bonds. The number of carbonyl (C=O) groups excluding carboxylic acids is 3. The van der Waals surface area contributed by atoms with E-state index in [1.54, 1.807) is 12.1 Å². The molecule has 24 heavy (non-hydrogen) atoms. The molecular weight excluding hydrogens is 310 g/mol. The van der Waals surface area contributed by atoms with Gasteiger partial charge in [-0.25, -0.2) is 4.98 Å². The fourth-order valence-electron chi connectivity index (χ4n) is 3.46. The summed E-state index contributed by atoms with van der Waals surface area (Å²) >= 11 is 0. The number of likely N-dealkylation sites (tertiary alicyclic amines) is 1. The van der Waals surface area contributed by atoms with Crippen molar-refractivity contribution in [3.8, 4) is 5.88 Å². The van der Waals surface area contributed by atoms with Gasteiger partial charge in [0, 0.05) is 19.0 Å². The number of amides is 3. The standard InChI is InChI=1S/C17H21N3O4/c1-24-15-7-6-11(10-18-15)19-14(21)8-9-20-16(22)12-4-2-3-5-13(12)17(20)23/h6-7,10,12-13H,2-5,8-9H2,1H3,(H,19,21)/t12-,13-/m0/s1. The van der Waals surface area contributed by atoms with E-state index in [1.807, 2.05) is 0 Å². The number of anilines is 1. The second-order valence-electron chi connectivity index (χ2n) is 6.21. The smallest absolute Gasteiger partial charge is 0.233 e. The number of rotatable bonds is 5. The van der Waals surface area contributed by atoms with E-state index in [0.29, 0.717) is 11.6 Å². The van der Waals surface area contributed by atoms with Gasteiger partial charge >= 0.3 is 0 Å². The number of ether oxygens (including phenoxy) is 1. The van der Waals surface area contributed by atoms with Crippen LogP contribution >= 0.6 is 0 Å². The molecule has 1 saturated heterocycles. The van der Waals surface area contributed by atoms with Gasteiger partial charge in [0.05, 0.1) is 30.8 Å². The van der Waals surface area contributed by atoms with Gasteiger partial charge in [0.25, 0.3) is 0 Å². The predicted octanol–water partition coefficient (Wildman–Crippen LogP) is 1.59. The van der Waals surface area contributed by atoms with Gasteiger partial charge in [0.1, 0.15) is 0 Å². The Morgan fingerprint density at radius 1 is 1.25 bits per heavy atom. The minimum absolute atomic E-state index is 0.0863. The fourth-order valence-corrected chi connectivity index (χ4v) is 3.46. The highest BCUT2D eigenvalue weighted by atomic mass is 16.5. The molecule has 1 N–H and O–H groups in total. The average molecular weight is 331 g/mol. The lowest BCUT2D eigenvalue weighted by atomic mass is 9.81. The molecule has 1 aromatic rings. The van der Waals surface area contributed by atoms with Crippen LogP contribution in [0.25, 0.3) is 0 Å². The Kier molecular flexibility index (Phi) is 4.78. The first kappa shape index (κ1) is 16.4. The number of imide groups is 1. The Balaban J connectivity index is 1.54. The molecule has 2 fully saturated rings. The average Bonchev–Trinajstić information content (AvgIpc) is 2.85. The molecule has 0 bridgehead atoms. The van der Waals surface area contributed by atoms with E-state index in [0.717, 1.165) is 25.7 Å². The van der Waals surface area contributed by atoms with Crippen molar-refractivity contribution in [2.24, 2.45) is 11.8 Å². The van der Waals surface area contributed by atoms with Crippen LogP contribution in [0.2, 0.25) is 0 Å². The molecule has 1 aromatic heterocycles. The minimum atomic E-state index is -0.252. The molecule has 3 rings (SSSR count). The summed E-state index contributed by atoms with van der Waals surface area (Å²) in [6.45, 7) is 0.139. The number of hydrogen-bond donors (Lipinski definition) is 1. The Morgan fingerprint density at radius 2 is 1.92 bits per heavy atom. The van der Waals surface area contributed by atoms with Crippen LogP contribution in [0.5, 0.6) is 5.88 Å². The van der Waals surface area contributed by atoms with Crippen LogP contribution in [0.15, 0.2) is 18.3 Å². The van der Waals surface area contributed by atoms with E-state index in [4.69, 9.17) is 4.74 Å². The summed E-state index contributed by atoms with van der Waals surface area (Å²) in [5.74, 6) is -0.339. The summed E-state index contributed by atoms with van der Waals surface area (Å²) in [5, 5.41) is 2.70. The lowest BCUT2D eigenvalue weighted by Gasteiger charge is -2.19. The van der Waals surface area contributed by atoms with Crippen molar-refractivity contribution in [2.45, 2.75) is 32.1 Å². The molecule has 1 aliphatic carbocycles. The summed E-state index contributed by atoms with van der Waals surface area (Å²) in [7, 11) is 1.52. The Morgan fingerprint density at radius 3 is 2.46 bits per heavy atom. The van der Waals surface area contributed by atoms with Crippen LogP contribution < -0.4 is 10.1 Å². The molecule has 1 aliphatic heterocycles. The quantitative estimate of drug-likeness (QED) is 0.828. The number of nitrogens with zero attached hydrogens (tertiary/aromatic N) is 2. The van der Waals surface area contributed by atoms with E-state index in [1.165, 1.54) is 18.2 Å². The molecule has 2 heterocycles. The highest BCUT2D eigenvalue weighted by Gasteiger charge is 2.47. The van der Waals surface area contributed by atoms with Crippen LogP contribution in [0.1, 0.15) is 32.1 Å². The van der Waals surface area contributed by atoms with Gasteiger partial charge in [-0.05, 0) is 18.9 Å². The summed E-state index contributed by atoms with van der Waals surface area (Å²) in [6.07, 6.45) is 5.16. The van der Waals surface area contributed by atoms with E-state index in [2.05, 4.69) is 10.3 Å². The topological polar surface area (TPSA) is 88.6 Å². The van der Waals surface area contributed by atoms with E-state index < -0.39 is 0 Å². The van der Waals surface area contributed by atoms with Gasteiger partial charge in [-0.15, -0.1) is 0 Å². The van der Waals surface area contributed by atoms with Gasteiger partial charge in [0.2, 0.25) is 23.6 Å². The highest BCUT2D eigenvalue weighted by molar-refractivity contribution is 6.05. The SMILES string of the molecule is COc1ccc(NC(=O)CCN2C(=O)[C@H]3CCCC[C@@H]3C2=O)cn1. The van der Waals surface area contributed by atoms with E-state index >= 15 is 0 Å². The normalized spacial score (nSPS) is 23.1. The number of methoxy groups -OCH3 is 1. The van der Waals surface area contributed by atoms with Crippen LogP contribution in [0.3, 0.4) is 0 Å². The predicted molar refractivity (Wildman–Crippen MR) is 86.2 cm³/mol. The molecule has 7 nitrogen and oxygen atoms in total. The largest absolute Gasteiger partial charge is 0.481 e. The molecule has 1 saturated carbocycles. The van der Waals surface area contributed by atoms with E-state index in [-0.39, 0.29) is 42.5 Å². The summed E-state index contributed by atoms with van der Waals surface area (Å²) < 4.78 is 4.95. The second kappa shape index (κ2) is 6.98. The van der Waals surface area contributed by atoms with Crippen molar-refractivity contribution in [1.82, 2.24) is 9.88 Å². The molecule has 0 unspecified atom stereocenters. The van der Waals surface area contributed by atoms with Gasteiger partial charge in [-0.3, -0.25) is 19.3 Å². The monoisotopic (exact) mass is 331 g/mol. The number of carbonyl (C=O) groups is 3. The maximum Gasteiger partial charge on any atom is 0.233 e. The van der Waals surface area contributed by atoms with Gasteiger partial charge in [-0.1, -0.05) is 12.8 Å². The van der Waals surface area contributed by atoms with Crippen LogP contribution in [-0.4, -0.2) is 41.3 Å². The number of nitrogens with one attached hydrogen (secondary N) is 1. The van der Waals surface area contributed by atoms with Gasteiger partial charge in [0.15, 0.2) is 0 Å². The first-order valence-electron chi connectivity index (χ1n) is 8.25. The molecule has 2 aliphatic rings. The highest BCUT2D eigenvalue weighted by Crippen LogP contribution is 2.37. The molecular formula is C17H21N3O4. The third-order valence-electron chi connectivity index (χ3n) is 4.72. The van der Waals surface area contributed by atoms with Crippen LogP contribution in [0, 0.1) is 11.8 Å². The molecule has 0 spiro atoms. The van der Waals surface area contributed by atoms with Crippen molar-refractivity contribution >= 4 is 23.4 Å². The molecule has 2 atom stereocenters. The Bertz CT molecular complexity index is 620. The van der Waals surface area contributed by atoms with Crippen LogP contribution in [-0.2, 0) is 14.4 Å². The molecule has 0 radical (unpaired) electrons. The molecule has 0 aromatic carbocycles. The summed E-state index contributed by atoms with van der Waals surface area (Å²) in [6, 6.07) is 3.33. The summed E-state index contributed by atoms with van der Waals surface area (Å²) in [4.78, 5) is 42.0. The zero-order chi connectivity index (χ0) is 17.1. The van der Waals surface area contributed by atoms with Crippen LogP contribution in [0.4, 0.5) is 5.69 Å². The third-order valence-corrected chi connectivity index (χ3v) is 4.72. The molecule has 128 valence electrons. The Hall–Kier alpha value is -2.44. The number of fused-ring (bicyclic) bond motifs is 1. The summed E-state index contributed by atoms with van der Waals surface area (Å²) in [5.41, 5.74) is 0.550. The van der Waals surface area contributed by atoms with Gasteiger partial charge < -0.3 is 10.1 Å². The first-order valence-corrected chi connectivity index (χ1v) is 8.25. The van der Waals surface area contributed by atoms with Crippen molar-refractivity contribution < 1.29 is 19.1 Å². The van der Waals surface area contributed by atoms with Gasteiger partial charge in [-0.2, -0.15) is 0 Å². The van der Waals surface area contributed by atoms with Crippen molar-refractivity contribution in [3.63, 3.8) is 0 Å². The van der Waals surface area contributed by atoms with Crippen molar-refractivity contribution in [1.29, 1.82) is 0 Å². The zero-order valence-corrected chi connectivity index (χ0v) is 13.7. The number of hydrogen-bond acceptors (Lipinski definition) is 5. The fraction of sp³-hybridized carbons (Fsp3) is 0.529. The maximum absolute atomic E-state index is 12.3. The maximum atomic E-state index is 12.3.